The van der Waals surface area contributed by atoms with Gasteiger partial charge in [0, 0.05) is 17.9 Å². The van der Waals surface area contributed by atoms with Crippen LogP contribution in [0.3, 0.4) is 0 Å². The number of thiazole rings is 1. The molecule has 0 N–H and O–H groups in total. The molecule has 1 aromatic heterocycles. The molecule has 0 unspecified atom stereocenters. The van der Waals surface area contributed by atoms with Crippen molar-refractivity contribution in [2.24, 2.45) is 0 Å². The van der Waals surface area contributed by atoms with E-state index in [0.717, 1.165) is 16.3 Å². The van der Waals surface area contributed by atoms with E-state index in [1.165, 1.54) is 18.4 Å². The van der Waals surface area contributed by atoms with E-state index < -0.39 is 0 Å². The van der Waals surface area contributed by atoms with Crippen molar-refractivity contribution in [2.45, 2.75) is 20.3 Å². The number of aryl methyl sites for hydroxylation is 1. The van der Waals surface area contributed by atoms with Crippen molar-refractivity contribution in [3.8, 4) is 0 Å². The van der Waals surface area contributed by atoms with Crippen molar-refractivity contribution >= 4 is 17.3 Å². The molecule has 0 aromatic carbocycles. The lowest BCUT2D eigenvalue weighted by atomic mass is 10.4. The zero-order valence-corrected chi connectivity index (χ0v) is 10.0. The van der Waals surface area contributed by atoms with Gasteiger partial charge in [0.25, 0.3) is 0 Å². The van der Waals surface area contributed by atoms with E-state index in [2.05, 4.69) is 9.72 Å². The number of ether oxygens (including phenoxy) is 2. The summed E-state index contributed by atoms with van der Waals surface area (Å²) < 4.78 is 9.85. The van der Waals surface area contributed by atoms with Crippen LogP contribution in [0.15, 0.2) is 0 Å². The van der Waals surface area contributed by atoms with Gasteiger partial charge in [0.1, 0.15) is 0 Å². The minimum absolute atomic E-state index is 0.369. The lowest BCUT2D eigenvalue weighted by molar-refractivity contribution is 0.0593. The number of methoxy groups -OCH3 is 1. The molecule has 0 spiro atoms. The van der Waals surface area contributed by atoms with Gasteiger partial charge in [-0.2, -0.15) is 0 Å². The van der Waals surface area contributed by atoms with Crippen molar-refractivity contribution < 1.29 is 14.3 Å². The Morgan fingerprint density at radius 1 is 1.53 bits per heavy atom. The van der Waals surface area contributed by atoms with Crippen LogP contribution in [0.5, 0.6) is 0 Å². The second-order valence-corrected chi connectivity index (χ2v) is 4.24. The van der Waals surface area contributed by atoms with Gasteiger partial charge in [-0.15, -0.1) is 11.3 Å². The third kappa shape index (κ3) is 3.28. The first-order valence-corrected chi connectivity index (χ1v) is 5.63. The standard InChI is InChI=1S/C10H15NO3S/c1-4-14-6-5-8-11-9(7(2)15-8)10(12)13-3/h4-6H2,1-3H3. The van der Waals surface area contributed by atoms with Crippen LogP contribution in [0.2, 0.25) is 0 Å². The van der Waals surface area contributed by atoms with Crippen LogP contribution in [0.4, 0.5) is 0 Å². The molecule has 1 aromatic rings. The molecule has 1 rings (SSSR count). The van der Waals surface area contributed by atoms with Crippen molar-refractivity contribution in [2.75, 3.05) is 20.3 Å². The molecule has 0 fully saturated rings. The number of carbonyl (C=O) groups is 1. The molecular weight excluding hydrogens is 214 g/mol. The van der Waals surface area contributed by atoms with E-state index in [9.17, 15) is 4.79 Å². The molecule has 0 aliphatic heterocycles. The normalized spacial score (nSPS) is 10.3. The molecule has 4 nitrogen and oxygen atoms in total. The average molecular weight is 229 g/mol. The molecule has 0 aliphatic rings. The first-order valence-electron chi connectivity index (χ1n) is 4.81. The van der Waals surface area contributed by atoms with Gasteiger partial charge in [-0.25, -0.2) is 9.78 Å². The summed E-state index contributed by atoms with van der Waals surface area (Å²) in [5, 5.41) is 0.918. The molecule has 5 heteroatoms. The summed E-state index contributed by atoms with van der Waals surface area (Å²) >= 11 is 1.52. The van der Waals surface area contributed by atoms with E-state index >= 15 is 0 Å². The third-order valence-electron chi connectivity index (χ3n) is 1.88. The Bertz CT molecular complexity index is 335. The highest BCUT2D eigenvalue weighted by Crippen LogP contribution is 2.18. The lowest BCUT2D eigenvalue weighted by Crippen LogP contribution is -2.04. The summed E-state index contributed by atoms with van der Waals surface area (Å²) in [5.74, 6) is -0.369. The Kier molecular flexibility index (Phi) is 4.71. The van der Waals surface area contributed by atoms with Crippen LogP contribution in [0.25, 0.3) is 0 Å². The zero-order valence-electron chi connectivity index (χ0n) is 9.20. The second-order valence-electron chi connectivity index (χ2n) is 2.95. The van der Waals surface area contributed by atoms with E-state index in [1.807, 2.05) is 13.8 Å². The quantitative estimate of drug-likeness (QED) is 0.571. The van der Waals surface area contributed by atoms with E-state index in [1.54, 1.807) is 0 Å². The molecule has 0 bridgehead atoms. The molecule has 15 heavy (non-hydrogen) atoms. The summed E-state index contributed by atoms with van der Waals surface area (Å²) in [6, 6.07) is 0. The summed E-state index contributed by atoms with van der Waals surface area (Å²) in [6.45, 7) is 5.17. The smallest absolute Gasteiger partial charge is 0.357 e. The lowest BCUT2D eigenvalue weighted by Gasteiger charge is -1.96. The number of carbonyl (C=O) groups excluding carboxylic acids is 1. The van der Waals surface area contributed by atoms with Crippen LogP contribution in [-0.4, -0.2) is 31.3 Å². The van der Waals surface area contributed by atoms with E-state index in [4.69, 9.17) is 4.74 Å². The van der Waals surface area contributed by atoms with Crippen molar-refractivity contribution in [1.82, 2.24) is 4.98 Å². The van der Waals surface area contributed by atoms with Gasteiger partial charge in [-0.3, -0.25) is 0 Å². The fraction of sp³-hybridized carbons (Fsp3) is 0.600. The molecule has 0 radical (unpaired) electrons. The fourth-order valence-electron chi connectivity index (χ4n) is 1.15. The number of rotatable bonds is 5. The van der Waals surface area contributed by atoms with Gasteiger partial charge in [0.05, 0.1) is 18.7 Å². The number of nitrogens with zero attached hydrogens (tertiary/aromatic N) is 1. The first kappa shape index (κ1) is 12.1. The number of esters is 1. The summed E-state index contributed by atoms with van der Waals surface area (Å²) in [6.07, 6.45) is 0.746. The third-order valence-corrected chi connectivity index (χ3v) is 2.91. The van der Waals surface area contributed by atoms with Crippen molar-refractivity contribution in [3.63, 3.8) is 0 Å². The molecule has 0 saturated heterocycles. The maximum atomic E-state index is 11.3. The fourth-order valence-corrected chi connectivity index (χ4v) is 2.05. The van der Waals surface area contributed by atoms with Gasteiger partial charge in [0.2, 0.25) is 0 Å². The number of hydrogen-bond acceptors (Lipinski definition) is 5. The van der Waals surface area contributed by atoms with Crippen LogP contribution < -0.4 is 0 Å². The van der Waals surface area contributed by atoms with E-state index in [-0.39, 0.29) is 5.97 Å². The van der Waals surface area contributed by atoms with Crippen LogP contribution >= 0.6 is 11.3 Å². The summed E-state index contributed by atoms with van der Waals surface area (Å²) in [5.41, 5.74) is 0.425. The van der Waals surface area contributed by atoms with Crippen molar-refractivity contribution in [3.05, 3.63) is 15.6 Å². The maximum absolute atomic E-state index is 11.3. The SMILES string of the molecule is CCOCCc1nc(C(=O)OC)c(C)s1. The largest absolute Gasteiger partial charge is 0.464 e. The average Bonchev–Trinajstić information content (AvgIpc) is 2.59. The molecule has 0 atom stereocenters. The molecular formula is C10H15NO3S. The minimum Gasteiger partial charge on any atom is -0.464 e. The topological polar surface area (TPSA) is 48.4 Å². The first-order chi connectivity index (χ1) is 7.19. The van der Waals surface area contributed by atoms with Gasteiger partial charge in [-0.05, 0) is 13.8 Å². The molecule has 0 saturated carbocycles. The Labute approximate surface area is 93.2 Å². The van der Waals surface area contributed by atoms with Gasteiger partial charge in [-0.1, -0.05) is 0 Å². The maximum Gasteiger partial charge on any atom is 0.357 e. The molecule has 1 heterocycles. The highest BCUT2D eigenvalue weighted by molar-refractivity contribution is 7.11. The zero-order chi connectivity index (χ0) is 11.3. The Balaban J connectivity index is 2.64. The van der Waals surface area contributed by atoms with Crippen LogP contribution in [0, 0.1) is 6.92 Å². The van der Waals surface area contributed by atoms with Gasteiger partial charge >= 0.3 is 5.97 Å². The van der Waals surface area contributed by atoms with Crippen LogP contribution in [-0.2, 0) is 15.9 Å². The number of aromatic nitrogens is 1. The Morgan fingerprint density at radius 2 is 2.27 bits per heavy atom. The predicted octanol–water partition coefficient (Wildman–Crippen LogP) is 1.82. The summed E-state index contributed by atoms with van der Waals surface area (Å²) in [7, 11) is 1.36. The predicted molar refractivity (Wildman–Crippen MR) is 58.4 cm³/mol. The summed E-state index contributed by atoms with van der Waals surface area (Å²) in [4.78, 5) is 16.4. The highest BCUT2D eigenvalue weighted by atomic mass is 32.1. The van der Waals surface area contributed by atoms with Gasteiger partial charge < -0.3 is 9.47 Å². The van der Waals surface area contributed by atoms with E-state index in [0.29, 0.717) is 18.9 Å². The molecule has 84 valence electrons. The Morgan fingerprint density at radius 3 is 2.87 bits per heavy atom. The monoisotopic (exact) mass is 229 g/mol. The highest BCUT2D eigenvalue weighted by Gasteiger charge is 2.15. The van der Waals surface area contributed by atoms with Crippen molar-refractivity contribution in [1.29, 1.82) is 0 Å². The number of hydrogen-bond donors (Lipinski definition) is 0. The van der Waals surface area contributed by atoms with Crippen LogP contribution in [0.1, 0.15) is 27.3 Å². The second kappa shape index (κ2) is 5.82. The van der Waals surface area contributed by atoms with Gasteiger partial charge in [0.15, 0.2) is 5.69 Å². The molecule has 0 amide bonds. The molecule has 0 aliphatic carbocycles. The Hall–Kier alpha value is -0.940. The minimum atomic E-state index is -0.369.